The van der Waals surface area contributed by atoms with Crippen molar-refractivity contribution in [3.63, 3.8) is 0 Å². The van der Waals surface area contributed by atoms with Crippen molar-refractivity contribution >= 4 is 17.7 Å². The van der Waals surface area contributed by atoms with E-state index < -0.39 is 17.0 Å². The van der Waals surface area contributed by atoms with Gasteiger partial charge in [0.2, 0.25) is 0 Å². The van der Waals surface area contributed by atoms with Gasteiger partial charge < -0.3 is 20.5 Å². The molecule has 0 bridgehead atoms. The summed E-state index contributed by atoms with van der Waals surface area (Å²) in [6, 6.07) is 12.0. The van der Waals surface area contributed by atoms with Crippen LogP contribution in [0.5, 0.6) is 5.75 Å². The van der Waals surface area contributed by atoms with Crippen molar-refractivity contribution in [3.8, 4) is 5.75 Å². The molecular weight excluding hydrogens is 546 g/mol. The van der Waals surface area contributed by atoms with Crippen molar-refractivity contribution in [1.29, 1.82) is 10.8 Å². The molecule has 1 atom stereocenters. The van der Waals surface area contributed by atoms with Gasteiger partial charge in [-0.1, -0.05) is 37.5 Å². The van der Waals surface area contributed by atoms with Crippen molar-refractivity contribution in [1.82, 2.24) is 9.80 Å². The molecule has 1 aliphatic carbocycles. The molecule has 0 radical (unpaired) electrons. The largest absolute Gasteiger partial charge is 0.491 e. The molecule has 2 aliphatic rings. The molecule has 0 amide bonds. The van der Waals surface area contributed by atoms with Gasteiger partial charge in [-0.25, -0.2) is 8.78 Å². The lowest BCUT2D eigenvalue weighted by Crippen LogP contribution is -2.51. The van der Waals surface area contributed by atoms with Crippen LogP contribution in [0.4, 0.5) is 8.78 Å². The third-order valence-corrected chi connectivity index (χ3v) is 9.19. The van der Waals surface area contributed by atoms with Crippen molar-refractivity contribution in [2.45, 2.75) is 95.6 Å². The van der Waals surface area contributed by atoms with E-state index in [9.17, 15) is 13.6 Å². The maximum Gasteiger partial charge on any atom is 0.180 e. The van der Waals surface area contributed by atoms with Crippen LogP contribution in [0.25, 0.3) is 0 Å². The van der Waals surface area contributed by atoms with E-state index in [4.69, 9.17) is 15.6 Å². The minimum atomic E-state index is -0.933. The number of ether oxygens (including phenoxy) is 1. The lowest BCUT2D eigenvalue weighted by atomic mass is 9.69. The van der Waals surface area contributed by atoms with Crippen LogP contribution in [0, 0.1) is 22.5 Å². The van der Waals surface area contributed by atoms with Gasteiger partial charge in [0, 0.05) is 50.5 Å². The Hall–Kier alpha value is -2.97. The van der Waals surface area contributed by atoms with Gasteiger partial charge in [0.25, 0.3) is 0 Å². The summed E-state index contributed by atoms with van der Waals surface area (Å²) in [6.45, 7) is 8.55. The summed E-state index contributed by atoms with van der Waals surface area (Å²) in [6.07, 6.45) is 9.52. The number of benzene rings is 2. The highest BCUT2D eigenvalue weighted by molar-refractivity contribution is 6.39. The number of hydrogen-bond acceptors (Lipinski definition) is 6. The molecular formula is C35H48F2N4O2. The Bertz CT molecular complexity index is 1240. The quantitative estimate of drug-likeness (QED) is 0.218. The maximum atomic E-state index is 14.6. The molecule has 1 saturated heterocycles. The van der Waals surface area contributed by atoms with Gasteiger partial charge in [0.15, 0.2) is 17.4 Å². The molecule has 1 saturated carbocycles. The first kappa shape index (κ1) is 32.9. The molecule has 0 aromatic heterocycles. The smallest absolute Gasteiger partial charge is 0.180 e. The van der Waals surface area contributed by atoms with E-state index in [1.165, 1.54) is 44.4 Å². The summed E-state index contributed by atoms with van der Waals surface area (Å²) in [5.74, 6) is -1.47. The van der Waals surface area contributed by atoms with Gasteiger partial charge in [0.05, 0.1) is 11.8 Å². The molecule has 0 unspecified atom stereocenters. The van der Waals surface area contributed by atoms with Gasteiger partial charge in [-0.05, 0) is 94.1 Å². The normalized spacial score (nSPS) is 18.3. The number of nitrogens with one attached hydrogen (secondary N) is 2. The van der Waals surface area contributed by atoms with Crippen LogP contribution in [0.3, 0.4) is 0 Å². The fourth-order valence-electron chi connectivity index (χ4n) is 6.77. The van der Waals surface area contributed by atoms with E-state index in [2.05, 4.69) is 9.80 Å². The number of hydrogen-bond donors (Lipinski definition) is 2. The average molecular weight is 595 g/mol. The molecule has 8 heteroatoms. The van der Waals surface area contributed by atoms with Crippen LogP contribution < -0.4 is 4.74 Å². The summed E-state index contributed by atoms with van der Waals surface area (Å²) in [5, 5.41) is 16.6. The molecule has 2 N–H and O–H groups in total. The highest BCUT2D eigenvalue weighted by Gasteiger charge is 2.36. The number of rotatable bonds is 15. The van der Waals surface area contributed by atoms with Crippen LogP contribution in [0.2, 0.25) is 0 Å². The molecule has 2 fully saturated rings. The number of nitrogens with zero attached hydrogens (tertiary/aromatic N) is 2. The highest BCUT2D eigenvalue weighted by Crippen LogP contribution is 2.38. The molecule has 2 aromatic carbocycles. The van der Waals surface area contributed by atoms with Crippen LogP contribution in [0.15, 0.2) is 42.5 Å². The van der Waals surface area contributed by atoms with Gasteiger partial charge in [-0.3, -0.25) is 9.69 Å². The van der Waals surface area contributed by atoms with Crippen LogP contribution >= 0.6 is 0 Å². The predicted molar refractivity (Wildman–Crippen MR) is 169 cm³/mol. The van der Waals surface area contributed by atoms with Crippen LogP contribution in [-0.4, -0.2) is 72.4 Å². The predicted octanol–water partition coefficient (Wildman–Crippen LogP) is 6.98. The van der Waals surface area contributed by atoms with Crippen LogP contribution in [0.1, 0.15) is 82.8 Å². The van der Waals surface area contributed by atoms with Crippen molar-refractivity contribution < 1.29 is 18.3 Å². The number of piperazine rings is 1. The second-order valence-corrected chi connectivity index (χ2v) is 12.6. The summed E-state index contributed by atoms with van der Waals surface area (Å²) >= 11 is 0. The Kier molecular flexibility index (Phi) is 12.0. The fourth-order valence-corrected chi connectivity index (χ4v) is 6.77. The number of carbonyl (C=O) groups excluding carboxylic acids is 1. The first-order valence-corrected chi connectivity index (χ1v) is 16.0. The zero-order valence-corrected chi connectivity index (χ0v) is 25.8. The maximum absolute atomic E-state index is 14.6. The van der Waals surface area contributed by atoms with Gasteiger partial charge in [0.1, 0.15) is 5.75 Å². The van der Waals surface area contributed by atoms with Gasteiger partial charge >= 0.3 is 0 Å². The van der Waals surface area contributed by atoms with Gasteiger partial charge in [-0.15, -0.1) is 0 Å². The SMILES string of the molecule is CC(C)Oc1cccc(CC(=O)C(=N)C[C@](CCC=N)(CCN2CCN(C3CCCCC3)CC2)c2ccc(F)c(F)c2)c1. The van der Waals surface area contributed by atoms with E-state index in [1.807, 2.05) is 38.1 Å². The minimum Gasteiger partial charge on any atom is -0.491 e. The summed E-state index contributed by atoms with van der Waals surface area (Å²) in [7, 11) is 0. The molecule has 1 heterocycles. The van der Waals surface area contributed by atoms with Gasteiger partial charge in [-0.2, -0.15) is 0 Å². The second kappa shape index (κ2) is 15.7. The zero-order valence-electron chi connectivity index (χ0n) is 25.8. The summed E-state index contributed by atoms with van der Waals surface area (Å²) in [5.41, 5.74) is 0.537. The van der Waals surface area contributed by atoms with Crippen molar-refractivity contribution in [3.05, 3.63) is 65.2 Å². The Balaban J connectivity index is 1.50. The van der Waals surface area contributed by atoms with Crippen molar-refractivity contribution in [2.24, 2.45) is 0 Å². The Morgan fingerprint density at radius 3 is 2.44 bits per heavy atom. The van der Waals surface area contributed by atoms with Crippen molar-refractivity contribution in [2.75, 3.05) is 32.7 Å². The average Bonchev–Trinajstić information content (AvgIpc) is 3.00. The second-order valence-electron chi connectivity index (χ2n) is 12.6. The van der Waals surface area contributed by atoms with E-state index in [0.717, 1.165) is 44.4 Å². The Morgan fingerprint density at radius 2 is 1.77 bits per heavy atom. The summed E-state index contributed by atoms with van der Waals surface area (Å²) < 4.78 is 34.4. The van der Waals surface area contributed by atoms with E-state index in [0.29, 0.717) is 36.6 Å². The zero-order chi connectivity index (χ0) is 30.8. The molecule has 234 valence electrons. The van der Waals surface area contributed by atoms with E-state index >= 15 is 0 Å². The highest BCUT2D eigenvalue weighted by atomic mass is 19.2. The Morgan fingerprint density at radius 1 is 1.02 bits per heavy atom. The number of halogens is 2. The standard InChI is InChI=1S/C35H48F2N4O2/c1-26(2)43-30-11-6-8-27(22-30)23-34(42)33(39)25-35(14-7-16-38,28-12-13-31(36)32(37)24-28)15-17-40-18-20-41(21-19-40)29-9-4-3-5-10-29/h6,8,11-13,16,22,24,26,29,38-39H,3-5,7,9-10,14-15,17-21,23,25H2,1-2H3/t35-/m0/s1. The topological polar surface area (TPSA) is 80.5 Å². The Labute approximate surface area is 255 Å². The molecule has 6 nitrogen and oxygen atoms in total. The molecule has 4 rings (SSSR count). The van der Waals surface area contributed by atoms with Crippen LogP contribution in [-0.2, 0) is 16.6 Å². The number of carbonyl (C=O) groups is 1. The molecule has 2 aromatic rings. The van der Waals surface area contributed by atoms with E-state index in [-0.39, 0.29) is 30.4 Å². The minimum absolute atomic E-state index is 0.00467. The third kappa shape index (κ3) is 9.26. The molecule has 1 aliphatic heterocycles. The first-order valence-electron chi connectivity index (χ1n) is 16.0. The first-order chi connectivity index (χ1) is 20.7. The third-order valence-electron chi connectivity index (χ3n) is 9.19. The lowest BCUT2D eigenvalue weighted by Gasteiger charge is -2.42. The fraction of sp³-hybridized carbons (Fsp3) is 0.571. The molecule has 0 spiro atoms. The summed E-state index contributed by atoms with van der Waals surface area (Å²) in [4.78, 5) is 18.4. The lowest BCUT2D eigenvalue weighted by molar-refractivity contribution is -0.112. The molecule has 43 heavy (non-hydrogen) atoms. The number of ketones is 1. The monoisotopic (exact) mass is 594 g/mol. The van der Waals surface area contributed by atoms with E-state index in [1.54, 1.807) is 6.07 Å². The number of Topliss-reactive ketones (excluding diaryl/α,β-unsaturated/α-hetero) is 1.